The van der Waals surface area contributed by atoms with Crippen LogP contribution in [0.1, 0.15) is 104 Å². The summed E-state index contributed by atoms with van der Waals surface area (Å²) >= 11 is 0. The number of nitrogens with one attached hydrogen (secondary N) is 1. The molecular weight excluding hydrogens is 426 g/mol. The van der Waals surface area contributed by atoms with Crippen molar-refractivity contribution in [3.05, 3.63) is 0 Å². The van der Waals surface area contributed by atoms with E-state index in [9.17, 15) is 19.2 Å². The van der Waals surface area contributed by atoms with Crippen LogP contribution in [-0.2, 0) is 19.1 Å². The van der Waals surface area contributed by atoms with Crippen LogP contribution in [-0.4, -0.2) is 59.1 Å². The van der Waals surface area contributed by atoms with Gasteiger partial charge in [-0.25, -0.2) is 4.79 Å². The zero-order chi connectivity index (χ0) is 25.1. The molecule has 0 aliphatic heterocycles. The maximum absolute atomic E-state index is 12.4. The fourth-order valence-corrected chi connectivity index (χ4v) is 3.33. The standard InChI is InChI=1S/C24H45N3O6/c1-24(2,3)33-23(32)27(19-21(29)26-18-22(30)31)17-15-13-11-9-7-5-4-6-8-10-12-14-16-20(25)28/h4-19H2,1-3H3,(H2,25,28)(H,26,29)(H,30,31). The molecule has 33 heavy (non-hydrogen) atoms. The van der Waals surface area contributed by atoms with E-state index in [0.717, 1.165) is 44.9 Å². The molecule has 0 aromatic carbocycles. The van der Waals surface area contributed by atoms with Gasteiger partial charge in [0.1, 0.15) is 18.7 Å². The maximum atomic E-state index is 12.4. The Morgan fingerprint density at radius 1 is 0.818 bits per heavy atom. The van der Waals surface area contributed by atoms with Crippen LogP contribution < -0.4 is 11.1 Å². The monoisotopic (exact) mass is 471 g/mol. The van der Waals surface area contributed by atoms with Gasteiger partial charge in [-0.1, -0.05) is 64.2 Å². The number of carboxylic acid groups (broad SMARTS) is 1. The van der Waals surface area contributed by atoms with Crippen LogP contribution in [0.15, 0.2) is 0 Å². The van der Waals surface area contributed by atoms with Crippen molar-refractivity contribution in [3.63, 3.8) is 0 Å². The summed E-state index contributed by atoms with van der Waals surface area (Å²) in [7, 11) is 0. The molecule has 0 unspecified atom stereocenters. The lowest BCUT2D eigenvalue weighted by Gasteiger charge is -2.27. The van der Waals surface area contributed by atoms with Crippen LogP contribution in [0.5, 0.6) is 0 Å². The SMILES string of the molecule is CC(C)(C)OC(=O)N(CCCCCCCCCCCCCCC(N)=O)CC(=O)NCC(=O)O. The van der Waals surface area contributed by atoms with Crippen molar-refractivity contribution in [2.24, 2.45) is 5.73 Å². The highest BCUT2D eigenvalue weighted by Crippen LogP contribution is 2.14. The van der Waals surface area contributed by atoms with Crippen molar-refractivity contribution in [2.45, 2.75) is 110 Å². The summed E-state index contributed by atoms with van der Waals surface area (Å²) in [6.07, 6.45) is 13.1. The first-order chi connectivity index (χ1) is 15.5. The minimum Gasteiger partial charge on any atom is -0.480 e. The van der Waals surface area contributed by atoms with Crippen molar-refractivity contribution in [3.8, 4) is 0 Å². The third-order valence-electron chi connectivity index (χ3n) is 5.02. The summed E-state index contributed by atoms with van der Waals surface area (Å²) in [6.45, 7) is 4.99. The van der Waals surface area contributed by atoms with Gasteiger partial charge in [0, 0.05) is 13.0 Å². The largest absolute Gasteiger partial charge is 0.480 e. The Bertz CT molecular complexity index is 589. The number of nitrogens with zero attached hydrogens (tertiary/aromatic N) is 1. The number of carbonyl (C=O) groups is 4. The number of rotatable bonds is 19. The normalized spacial score (nSPS) is 11.1. The van der Waals surface area contributed by atoms with Crippen LogP contribution in [0.4, 0.5) is 4.79 Å². The molecule has 0 saturated heterocycles. The van der Waals surface area contributed by atoms with Crippen LogP contribution >= 0.6 is 0 Å². The number of aliphatic carboxylic acids is 1. The van der Waals surface area contributed by atoms with Gasteiger partial charge < -0.3 is 20.9 Å². The van der Waals surface area contributed by atoms with Crippen LogP contribution in [0.2, 0.25) is 0 Å². The quantitative estimate of drug-likeness (QED) is 0.244. The van der Waals surface area contributed by atoms with Gasteiger partial charge in [-0.05, 0) is 33.6 Å². The first-order valence-corrected chi connectivity index (χ1v) is 12.3. The summed E-state index contributed by atoms with van der Waals surface area (Å²) in [5.74, 6) is -1.86. The van der Waals surface area contributed by atoms with Crippen molar-refractivity contribution >= 4 is 23.9 Å². The molecule has 0 aliphatic rings. The van der Waals surface area contributed by atoms with E-state index in [2.05, 4.69) is 5.32 Å². The molecule has 0 atom stereocenters. The van der Waals surface area contributed by atoms with E-state index in [-0.39, 0.29) is 12.5 Å². The predicted octanol–water partition coefficient (Wildman–Crippen LogP) is 3.98. The van der Waals surface area contributed by atoms with Gasteiger partial charge in [-0.3, -0.25) is 19.3 Å². The molecule has 192 valence electrons. The average molecular weight is 472 g/mol. The number of hydrogen-bond donors (Lipinski definition) is 3. The molecule has 0 aromatic heterocycles. The number of carboxylic acids is 1. The summed E-state index contributed by atoms with van der Waals surface area (Å²) in [5.41, 5.74) is 4.45. The predicted molar refractivity (Wildman–Crippen MR) is 128 cm³/mol. The molecule has 9 heteroatoms. The molecule has 3 amide bonds. The fraction of sp³-hybridized carbons (Fsp3) is 0.833. The van der Waals surface area contributed by atoms with Crippen molar-refractivity contribution in [1.29, 1.82) is 0 Å². The molecule has 0 heterocycles. The number of nitrogens with two attached hydrogens (primary N) is 1. The number of unbranched alkanes of at least 4 members (excludes halogenated alkanes) is 11. The van der Waals surface area contributed by atoms with Crippen molar-refractivity contribution < 1.29 is 29.0 Å². The summed E-state index contributed by atoms with van der Waals surface area (Å²) in [6, 6.07) is 0. The number of ether oxygens (including phenoxy) is 1. The zero-order valence-electron chi connectivity index (χ0n) is 20.8. The van der Waals surface area contributed by atoms with E-state index >= 15 is 0 Å². The first kappa shape index (κ1) is 30.7. The summed E-state index contributed by atoms with van der Waals surface area (Å²) in [5, 5.41) is 11.0. The van der Waals surface area contributed by atoms with Gasteiger partial charge in [0.25, 0.3) is 0 Å². The lowest BCUT2D eigenvalue weighted by molar-refractivity contribution is -0.138. The number of carbonyl (C=O) groups excluding carboxylic acids is 3. The molecular formula is C24H45N3O6. The minimum atomic E-state index is -1.13. The van der Waals surface area contributed by atoms with E-state index in [4.69, 9.17) is 15.6 Å². The number of primary amides is 1. The Balaban J connectivity index is 3.97. The second-order valence-corrected chi connectivity index (χ2v) is 9.53. The van der Waals surface area contributed by atoms with Gasteiger partial charge >= 0.3 is 12.1 Å². The lowest BCUT2D eigenvalue weighted by Crippen LogP contribution is -2.44. The molecule has 4 N–H and O–H groups in total. The Morgan fingerprint density at radius 3 is 1.70 bits per heavy atom. The Labute approximate surface area is 198 Å². The third kappa shape index (κ3) is 21.3. The first-order valence-electron chi connectivity index (χ1n) is 12.3. The molecule has 9 nitrogen and oxygen atoms in total. The highest BCUT2D eigenvalue weighted by Gasteiger charge is 2.23. The maximum Gasteiger partial charge on any atom is 0.410 e. The van der Waals surface area contributed by atoms with Gasteiger partial charge in [-0.15, -0.1) is 0 Å². The second kappa shape index (κ2) is 18.1. The summed E-state index contributed by atoms with van der Waals surface area (Å²) in [4.78, 5) is 47.0. The molecule has 0 saturated carbocycles. The van der Waals surface area contributed by atoms with Gasteiger partial charge in [0.05, 0.1) is 0 Å². The van der Waals surface area contributed by atoms with Crippen LogP contribution in [0.3, 0.4) is 0 Å². The molecule has 0 aliphatic carbocycles. The smallest absolute Gasteiger partial charge is 0.410 e. The van der Waals surface area contributed by atoms with Gasteiger partial charge in [-0.2, -0.15) is 0 Å². The van der Waals surface area contributed by atoms with Gasteiger partial charge in [0.15, 0.2) is 0 Å². The summed E-state index contributed by atoms with van der Waals surface area (Å²) < 4.78 is 5.37. The number of amides is 3. The molecule has 0 bridgehead atoms. The Morgan fingerprint density at radius 2 is 1.27 bits per heavy atom. The second-order valence-electron chi connectivity index (χ2n) is 9.53. The molecule has 0 fully saturated rings. The fourth-order valence-electron chi connectivity index (χ4n) is 3.33. The topological polar surface area (TPSA) is 139 Å². The highest BCUT2D eigenvalue weighted by atomic mass is 16.6. The number of hydrogen-bond acceptors (Lipinski definition) is 5. The van der Waals surface area contributed by atoms with E-state index in [0.29, 0.717) is 13.0 Å². The average Bonchev–Trinajstić information content (AvgIpc) is 2.70. The van der Waals surface area contributed by atoms with E-state index in [1.165, 1.54) is 37.0 Å². The Kier molecular flexibility index (Phi) is 16.9. The lowest BCUT2D eigenvalue weighted by atomic mass is 10.0. The Hall–Kier alpha value is -2.32. The van der Waals surface area contributed by atoms with Crippen molar-refractivity contribution in [2.75, 3.05) is 19.6 Å². The highest BCUT2D eigenvalue weighted by molar-refractivity contribution is 5.85. The zero-order valence-corrected chi connectivity index (χ0v) is 20.8. The van der Waals surface area contributed by atoms with E-state index in [1.807, 2.05) is 0 Å². The van der Waals surface area contributed by atoms with E-state index in [1.54, 1.807) is 20.8 Å². The molecule has 0 radical (unpaired) electrons. The van der Waals surface area contributed by atoms with Crippen molar-refractivity contribution in [1.82, 2.24) is 10.2 Å². The van der Waals surface area contributed by atoms with E-state index < -0.39 is 30.1 Å². The van der Waals surface area contributed by atoms with Crippen LogP contribution in [0.25, 0.3) is 0 Å². The molecule has 0 spiro atoms. The molecule has 0 rings (SSSR count). The van der Waals surface area contributed by atoms with Gasteiger partial charge in [0.2, 0.25) is 11.8 Å². The van der Waals surface area contributed by atoms with Crippen LogP contribution in [0, 0.1) is 0 Å². The minimum absolute atomic E-state index is 0.214. The molecule has 0 aromatic rings. The third-order valence-corrected chi connectivity index (χ3v) is 5.02.